The molecule has 0 saturated carbocycles. The van der Waals surface area contributed by atoms with Gasteiger partial charge in [-0.25, -0.2) is 8.78 Å². The van der Waals surface area contributed by atoms with Gasteiger partial charge >= 0.3 is 0 Å². The van der Waals surface area contributed by atoms with Crippen molar-refractivity contribution < 1.29 is 13.6 Å². The van der Waals surface area contributed by atoms with Gasteiger partial charge in [-0.05, 0) is 38.8 Å². The first-order chi connectivity index (χ1) is 10.5. The number of rotatable bonds is 5. The van der Waals surface area contributed by atoms with E-state index in [1.165, 1.54) is 12.1 Å². The van der Waals surface area contributed by atoms with Gasteiger partial charge < -0.3 is 10.6 Å². The zero-order valence-electron chi connectivity index (χ0n) is 13.2. The zero-order valence-corrected chi connectivity index (χ0v) is 13.2. The molecule has 0 aromatic heterocycles. The normalized spacial score (nSPS) is 23.1. The van der Waals surface area contributed by atoms with Crippen molar-refractivity contribution >= 4 is 5.91 Å². The second kappa shape index (κ2) is 7.68. The van der Waals surface area contributed by atoms with Crippen LogP contribution in [0.1, 0.15) is 51.1 Å². The summed E-state index contributed by atoms with van der Waals surface area (Å²) in [5.41, 5.74) is 0.360. The summed E-state index contributed by atoms with van der Waals surface area (Å²) in [6.07, 6.45) is 3.02. The standard InChI is InChI=1S/C17H24F2N2O/c1-3-4-16(14-6-5-13(18)10-15(14)19)21-17(22)12-7-8-20-11(2)9-12/h5-6,10-12,16,20H,3-4,7-9H2,1-2H3,(H,21,22)/t11-,12-,16?/m0/s1. The number of nitrogens with one attached hydrogen (secondary N) is 2. The molecule has 0 spiro atoms. The van der Waals surface area contributed by atoms with Gasteiger partial charge in [-0.3, -0.25) is 4.79 Å². The molecule has 0 radical (unpaired) electrons. The van der Waals surface area contributed by atoms with Crippen LogP contribution < -0.4 is 10.6 Å². The van der Waals surface area contributed by atoms with E-state index in [9.17, 15) is 13.6 Å². The smallest absolute Gasteiger partial charge is 0.223 e. The Morgan fingerprint density at radius 3 is 2.86 bits per heavy atom. The fourth-order valence-electron chi connectivity index (χ4n) is 3.04. The van der Waals surface area contributed by atoms with Crippen molar-refractivity contribution in [2.75, 3.05) is 6.54 Å². The van der Waals surface area contributed by atoms with Crippen LogP contribution in [0.2, 0.25) is 0 Å². The van der Waals surface area contributed by atoms with E-state index in [-0.39, 0.29) is 11.8 Å². The lowest BCUT2D eigenvalue weighted by molar-refractivity contribution is -0.126. The molecular formula is C17H24F2N2O. The average molecular weight is 310 g/mol. The van der Waals surface area contributed by atoms with Crippen molar-refractivity contribution in [3.63, 3.8) is 0 Å². The Kier molecular flexibility index (Phi) is 5.89. The Bertz CT molecular complexity index is 521. The van der Waals surface area contributed by atoms with Crippen molar-refractivity contribution in [2.45, 2.75) is 51.6 Å². The Morgan fingerprint density at radius 1 is 1.45 bits per heavy atom. The summed E-state index contributed by atoms with van der Waals surface area (Å²) < 4.78 is 27.0. The van der Waals surface area contributed by atoms with Crippen LogP contribution in [-0.4, -0.2) is 18.5 Å². The summed E-state index contributed by atoms with van der Waals surface area (Å²) in [4.78, 5) is 12.4. The van der Waals surface area contributed by atoms with Crippen molar-refractivity contribution in [1.82, 2.24) is 10.6 Å². The first-order valence-corrected chi connectivity index (χ1v) is 8.00. The Morgan fingerprint density at radius 2 is 2.23 bits per heavy atom. The first kappa shape index (κ1) is 16.9. The van der Waals surface area contributed by atoms with E-state index >= 15 is 0 Å². The third-order valence-electron chi connectivity index (χ3n) is 4.23. The fraction of sp³-hybridized carbons (Fsp3) is 0.588. The van der Waals surface area contributed by atoms with Crippen LogP contribution in [0, 0.1) is 17.6 Å². The molecule has 22 heavy (non-hydrogen) atoms. The summed E-state index contributed by atoms with van der Waals surface area (Å²) in [6.45, 7) is 4.86. The molecule has 3 atom stereocenters. The maximum absolute atomic E-state index is 14.0. The Hall–Kier alpha value is -1.49. The summed E-state index contributed by atoms with van der Waals surface area (Å²) in [7, 11) is 0. The average Bonchev–Trinajstić information content (AvgIpc) is 2.47. The van der Waals surface area contributed by atoms with E-state index in [4.69, 9.17) is 0 Å². The molecule has 2 N–H and O–H groups in total. The second-order valence-corrected chi connectivity index (χ2v) is 6.09. The molecule has 1 fully saturated rings. The molecule has 1 aliphatic heterocycles. The van der Waals surface area contributed by atoms with E-state index < -0.39 is 17.7 Å². The topological polar surface area (TPSA) is 41.1 Å². The van der Waals surface area contributed by atoms with Gasteiger partial charge in [-0.2, -0.15) is 0 Å². The maximum atomic E-state index is 14.0. The summed E-state index contributed by atoms with van der Waals surface area (Å²) in [6, 6.07) is 3.45. The lowest BCUT2D eigenvalue weighted by Crippen LogP contribution is -2.43. The number of amides is 1. The molecule has 0 bridgehead atoms. The number of piperidine rings is 1. The van der Waals surface area contributed by atoms with Gasteiger partial charge in [0.25, 0.3) is 0 Å². The monoisotopic (exact) mass is 310 g/mol. The van der Waals surface area contributed by atoms with E-state index in [0.29, 0.717) is 18.0 Å². The van der Waals surface area contributed by atoms with Crippen molar-refractivity contribution in [3.8, 4) is 0 Å². The van der Waals surface area contributed by atoms with Gasteiger partial charge in [-0.1, -0.05) is 19.4 Å². The van der Waals surface area contributed by atoms with Crippen LogP contribution in [-0.2, 0) is 4.79 Å². The number of hydrogen-bond acceptors (Lipinski definition) is 2. The minimum Gasteiger partial charge on any atom is -0.349 e. The predicted octanol–water partition coefficient (Wildman–Crippen LogP) is 3.31. The fourth-order valence-corrected chi connectivity index (χ4v) is 3.04. The van der Waals surface area contributed by atoms with Crippen LogP contribution in [0.25, 0.3) is 0 Å². The number of benzene rings is 1. The van der Waals surface area contributed by atoms with Crippen LogP contribution in [0.5, 0.6) is 0 Å². The van der Waals surface area contributed by atoms with Crippen molar-refractivity contribution in [1.29, 1.82) is 0 Å². The molecular weight excluding hydrogens is 286 g/mol. The number of halogens is 2. The van der Waals surface area contributed by atoms with Crippen LogP contribution in [0.3, 0.4) is 0 Å². The third kappa shape index (κ3) is 4.26. The number of hydrogen-bond donors (Lipinski definition) is 2. The molecule has 0 aliphatic carbocycles. The molecule has 3 nitrogen and oxygen atoms in total. The highest BCUT2D eigenvalue weighted by Crippen LogP contribution is 2.24. The maximum Gasteiger partial charge on any atom is 0.223 e. The van der Waals surface area contributed by atoms with Crippen molar-refractivity contribution in [2.24, 2.45) is 5.92 Å². The Labute approximate surface area is 130 Å². The first-order valence-electron chi connectivity index (χ1n) is 8.00. The van der Waals surface area contributed by atoms with Gasteiger partial charge in [0, 0.05) is 23.6 Å². The molecule has 1 heterocycles. The molecule has 1 aromatic carbocycles. The number of carbonyl (C=O) groups excluding carboxylic acids is 1. The van der Waals surface area contributed by atoms with E-state index in [0.717, 1.165) is 31.9 Å². The highest BCUT2D eigenvalue weighted by molar-refractivity contribution is 5.79. The molecule has 2 rings (SSSR count). The molecule has 1 aliphatic rings. The van der Waals surface area contributed by atoms with Gasteiger partial charge in [0.05, 0.1) is 6.04 Å². The van der Waals surface area contributed by atoms with E-state index in [2.05, 4.69) is 17.6 Å². The molecule has 1 aromatic rings. The van der Waals surface area contributed by atoms with Crippen LogP contribution >= 0.6 is 0 Å². The van der Waals surface area contributed by atoms with Crippen LogP contribution in [0.15, 0.2) is 18.2 Å². The molecule has 122 valence electrons. The molecule has 1 unspecified atom stereocenters. The van der Waals surface area contributed by atoms with Gasteiger partial charge in [0.2, 0.25) is 5.91 Å². The number of carbonyl (C=O) groups is 1. The highest BCUT2D eigenvalue weighted by atomic mass is 19.1. The Balaban J connectivity index is 2.09. The zero-order chi connectivity index (χ0) is 16.1. The quantitative estimate of drug-likeness (QED) is 0.876. The molecule has 1 saturated heterocycles. The minimum atomic E-state index is -0.602. The molecule has 1 amide bonds. The lowest BCUT2D eigenvalue weighted by atomic mass is 9.91. The second-order valence-electron chi connectivity index (χ2n) is 6.09. The summed E-state index contributed by atoms with van der Waals surface area (Å²) in [5, 5.41) is 6.27. The third-order valence-corrected chi connectivity index (χ3v) is 4.23. The molecule has 5 heteroatoms. The van der Waals surface area contributed by atoms with Crippen molar-refractivity contribution in [3.05, 3.63) is 35.4 Å². The van der Waals surface area contributed by atoms with Gasteiger partial charge in [0.15, 0.2) is 0 Å². The SMILES string of the molecule is CCCC(NC(=O)[C@H]1CCN[C@@H](C)C1)c1ccc(F)cc1F. The predicted molar refractivity (Wildman–Crippen MR) is 82.3 cm³/mol. The van der Waals surface area contributed by atoms with E-state index in [1.807, 2.05) is 6.92 Å². The minimum absolute atomic E-state index is 0.0319. The summed E-state index contributed by atoms with van der Waals surface area (Å²) in [5.74, 6) is -1.28. The highest BCUT2D eigenvalue weighted by Gasteiger charge is 2.27. The van der Waals surface area contributed by atoms with E-state index in [1.54, 1.807) is 0 Å². The summed E-state index contributed by atoms with van der Waals surface area (Å²) >= 11 is 0. The van der Waals surface area contributed by atoms with Crippen LogP contribution in [0.4, 0.5) is 8.78 Å². The van der Waals surface area contributed by atoms with Gasteiger partial charge in [-0.15, -0.1) is 0 Å². The lowest BCUT2D eigenvalue weighted by Gasteiger charge is -2.29. The van der Waals surface area contributed by atoms with Gasteiger partial charge in [0.1, 0.15) is 11.6 Å². The largest absolute Gasteiger partial charge is 0.349 e.